The molecule has 1 aromatic rings. The number of carbonyl (C=O) groups excluding carboxylic acids is 1. The predicted molar refractivity (Wildman–Crippen MR) is 70.7 cm³/mol. The molecule has 17 heavy (non-hydrogen) atoms. The van der Waals surface area contributed by atoms with E-state index >= 15 is 0 Å². The maximum absolute atomic E-state index is 12.1. The van der Waals surface area contributed by atoms with Gasteiger partial charge in [-0.25, -0.2) is 0 Å². The summed E-state index contributed by atoms with van der Waals surface area (Å²) in [5, 5.41) is 3.03. The summed E-state index contributed by atoms with van der Waals surface area (Å²) in [7, 11) is 3.73. The van der Waals surface area contributed by atoms with Crippen LogP contribution in [0.25, 0.3) is 0 Å². The van der Waals surface area contributed by atoms with Crippen LogP contribution in [-0.2, 0) is 4.79 Å². The van der Waals surface area contributed by atoms with Crippen LogP contribution in [-0.4, -0.2) is 31.4 Å². The monoisotopic (exact) mass is 234 g/mol. The van der Waals surface area contributed by atoms with Gasteiger partial charge in [-0.3, -0.25) is 4.79 Å². The SMILES string of the molecule is CNCC(C)C(=O)N(C)C(C)c1ccccc1. The van der Waals surface area contributed by atoms with Crippen molar-refractivity contribution < 1.29 is 4.79 Å². The van der Waals surface area contributed by atoms with Gasteiger partial charge in [0.2, 0.25) is 5.91 Å². The Bertz CT molecular complexity index is 350. The van der Waals surface area contributed by atoms with Crippen molar-refractivity contribution in [2.24, 2.45) is 5.92 Å². The standard InChI is InChI=1S/C14H22N2O/c1-11(10-15-3)14(17)16(4)12(2)13-8-6-5-7-9-13/h5-9,11-12,15H,10H2,1-4H3. The van der Waals surface area contributed by atoms with E-state index in [-0.39, 0.29) is 17.9 Å². The van der Waals surface area contributed by atoms with Crippen molar-refractivity contribution in [3.63, 3.8) is 0 Å². The van der Waals surface area contributed by atoms with Crippen molar-refractivity contribution in [3.05, 3.63) is 35.9 Å². The number of amides is 1. The molecule has 1 aromatic carbocycles. The van der Waals surface area contributed by atoms with Crippen LogP contribution >= 0.6 is 0 Å². The van der Waals surface area contributed by atoms with Crippen LogP contribution in [0.1, 0.15) is 25.5 Å². The Kier molecular flexibility index (Phi) is 5.16. The van der Waals surface area contributed by atoms with Gasteiger partial charge >= 0.3 is 0 Å². The minimum Gasteiger partial charge on any atom is -0.339 e. The molecule has 1 rings (SSSR count). The van der Waals surface area contributed by atoms with Gasteiger partial charge in [-0.15, -0.1) is 0 Å². The van der Waals surface area contributed by atoms with Gasteiger partial charge in [0, 0.05) is 19.5 Å². The molecule has 1 amide bonds. The Hall–Kier alpha value is -1.35. The maximum Gasteiger partial charge on any atom is 0.226 e. The third-order valence-electron chi connectivity index (χ3n) is 3.14. The van der Waals surface area contributed by atoms with E-state index in [1.165, 1.54) is 5.56 Å². The Morgan fingerprint density at radius 2 is 1.88 bits per heavy atom. The lowest BCUT2D eigenvalue weighted by molar-refractivity contribution is -0.135. The molecular weight excluding hydrogens is 212 g/mol. The van der Waals surface area contributed by atoms with E-state index in [9.17, 15) is 4.79 Å². The molecular formula is C14H22N2O. The number of rotatable bonds is 5. The van der Waals surface area contributed by atoms with E-state index in [0.29, 0.717) is 6.54 Å². The van der Waals surface area contributed by atoms with Gasteiger partial charge < -0.3 is 10.2 Å². The van der Waals surface area contributed by atoms with E-state index in [0.717, 1.165) is 0 Å². The highest BCUT2D eigenvalue weighted by atomic mass is 16.2. The number of hydrogen-bond donors (Lipinski definition) is 1. The van der Waals surface area contributed by atoms with Gasteiger partial charge in [-0.1, -0.05) is 37.3 Å². The quantitative estimate of drug-likeness (QED) is 0.846. The van der Waals surface area contributed by atoms with Crippen LogP contribution in [0.3, 0.4) is 0 Å². The molecule has 2 atom stereocenters. The summed E-state index contributed by atoms with van der Waals surface area (Å²) in [6.45, 7) is 4.72. The molecule has 0 radical (unpaired) electrons. The third-order valence-corrected chi connectivity index (χ3v) is 3.14. The second-order valence-electron chi connectivity index (χ2n) is 4.49. The summed E-state index contributed by atoms with van der Waals surface area (Å²) in [5.74, 6) is 0.187. The highest BCUT2D eigenvalue weighted by Gasteiger charge is 2.21. The largest absolute Gasteiger partial charge is 0.339 e. The van der Waals surface area contributed by atoms with Crippen LogP contribution < -0.4 is 5.32 Å². The van der Waals surface area contributed by atoms with Crippen molar-refractivity contribution in [3.8, 4) is 0 Å². The van der Waals surface area contributed by atoms with E-state index < -0.39 is 0 Å². The molecule has 3 heteroatoms. The van der Waals surface area contributed by atoms with Gasteiger partial charge in [0.25, 0.3) is 0 Å². The molecule has 0 heterocycles. The first-order chi connectivity index (χ1) is 8.07. The second-order valence-corrected chi connectivity index (χ2v) is 4.49. The van der Waals surface area contributed by atoms with Crippen molar-refractivity contribution in [1.29, 1.82) is 0 Å². The summed E-state index contributed by atoms with van der Waals surface area (Å²) >= 11 is 0. The van der Waals surface area contributed by atoms with E-state index in [2.05, 4.69) is 24.4 Å². The van der Waals surface area contributed by atoms with Crippen molar-refractivity contribution in [2.45, 2.75) is 19.9 Å². The molecule has 2 unspecified atom stereocenters. The molecule has 0 aromatic heterocycles. The Morgan fingerprint density at radius 1 is 1.29 bits per heavy atom. The predicted octanol–water partition coefficient (Wildman–Crippen LogP) is 2.06. The molecule has 3 nitrogen and oxygen atoms in total. The molecule has 94 valence electrons. The van der Waals surface area contributed by atoms with Gasteiger partial charge in [0.1, 0.15) is 0 Å². The highest BCUT2D eigenvalue weighted by Crippen LogP contribution is 2.19. The first kappa shape index (κ1) is 13.7. The average Bonchev–Trinajstić information content (AvgIpc) is 2.37. The van der Waals surface area contributed by atoms with Crippen LogP contribution in [0, 0.1) is 5.92 Å². The summed E-state index contributed by atoms with van der Waals surface area (Å²) in [5.41, 5.74) is 1.17. The van der Waals surface area contributed by atoms with Crippen LogP contribution in [0.4, 0.5) is 0 Å². The molecule has 0 saturated heterocycles. The molecule has 0 aliphatic carbocycles. The lowest BCUT2D eigenvalue weighted by atomic mass is 10.0. The highest BCUT2D eigenvalue weighted by molar-refractivity contribution is 5.78. The van der Waals surface area contributed by atoms with Gasteiger partial charge in [-0.05, 0) is 19.5 Å². The molecule has 0 aliphatic rings. The smallest absolute Gasteiger partial charge is 0.226 e. The van der Waals surface area contributed by atoms with Gasteiger partial charge in [0.05, 0.1) is 6.04 Å². The zero-order valence-corrected chi connectivity index (χ0v) is 11.1. The van der Waals surface area contributed by atoms with E-state index in [4.69, 9.17) is 0 Å². The van der Waals surface area contributed by atoms with Gasteiger partial charge in [-0.2, -0.15) is 0 Å². The average molecular weight is 234 g/mol. The van der Waals surface area contributed by atoms with E-state index in [1.807, 2.05) is 44.1 Å². The number of nitrogens with one attached hydrogen (secondary N) is 1. The van der Waals surface area contributed by atoms with Crippen LogP contribution in [0.15, 0.2) is 30.3 Å². The molecule has 0 fully saturated rings. The zero-order valence-electron chi connectivity index (χ0n) is 11.1. The number of nitrogens with zero attached hydrogens (tertiary/aromatic N) is 1. The Morgan fingerprint density at radius 3 is 2.41 bits per heavy atom. The fourth-order valence-corrected chi connectivity index (χ4v) is 1.89. The maximum atomic E-state index is 12.1. The molecule has 0 bridgehead atoms. The van der Waals surface area contributed by atoms with Crippen LogP contribution in [0.2, 0.25) is 0 Å². The number of carbonyl (C=O) groups is 1. The van der Waals surface area contributed by atoms with Crippen molar-refractivity contribution in [1.82, 2.24) is 10.2 Å². The molecule has 0 spiro atoms. The summed E-state index contributed by atoms with van der Waals surface area (Å²) in [4.78, 5) is 14.0. The van der Waals surface area contributed by atoms with E-state index in [1.54, 1.807) is 0 Å². The molecule has 0 saturated carbocycles. The lowest BCUT2D eigenvalue weighted by Gasteiger charge is -2.28. The van der Waals surface area contributed by atoms with Crippen molar-refractivity contribution >= 4 is 5.91 Å². The second kappa shape index (κ2) is 6.40. The topological polar surface area (TPSA) is 32.3 Å². The summed E-state index contributed by atoms with van der Waals surface area (Å²) < 4.78 is 0. The Labute approximate surface area is 104 Å². The fourth-order valence-electron chi connectivity index (χ4n) is 1.89. The fraction of sp³-hybridized carbons (Fsp3) is 0.500. The first-order valence-corrected chi connectivity index (χ1v) is 6.04. The minimum absolute atomic E-state index is 0.0103. The molecule has 0 aliphatic heterocycles. The number of hydrogen-bond acceptors (Lipinski definition) is 2. The summed E-state index contributed by atoms with van der Waals surface area (Å²) in [6.07, 6.45) is 0. The lowest BCUT2D eigenvalue weighted by Crippen LogP contribution is -2.37. The van der Waals surface area contributed by atoms with Crippen LogP contribution in [0.5, 0.6) is 0 Å². The number of benzene rings is 1. The Balaban J connectivity index is 2.70. The zero-order chi connectivity index (χ0) is 12.8. The molecule has 1 N–H and O–H groups in total. The van der Waals surface area contributed by atoms with Crippen molar-refractivity contribution in [2.75, 3.05) is 20.6 Å². The third kappa shape index (κ3) is 3.56. The summed E-state index contributed by atoms with van der Waals surface area (Å²) in [6, 6.07) is 10.2. The van der Waals surface area contributed by atoms with Gasteiger partial charge in [0.15, 0.2) is 0 Å². The normalized spacial score (nSPS) is 14.1. The first-order valence-electron chi connectivity index (χ1n) is 6.04. The minimum atomic E-state index is 0.0103.